The molecule has 3 fully saturated rings. The number of rotatable bonds is 19. The smallest absolute Gasteiger partial charge is 0.338 e. The molecule has 10 rings (SSSR count). The predicted octanol–water partition coefficient (Wildman–Crippen LogP) is 7.15. The topological polar surface area (TPSA) is 271 Å². The molecule has 3 heterocycles. The van der Waals surface area contributed by atoms with Gasteiger partial charge in [0.2, 0.25) is 0 Å². The van der Waals surface area contributed by atoms with Crippen LogP contribution in [0.15, 0.2) is 212 Å². The zero-order valence-corrected chi connectivity index (χ0v) is 46.4. The SMILES string of the molecule is C[C@@H]1O[C@@H](O[C@@H]2[C@@H](O)[C@@H](O[C@@H]3O[C@H](COC(=O)c4ccccc4)[C@@H](OC(=O)c4ccccc4)[C@H](OC(=O)c4ccccc4)[C@H]3OC(=O)c3ccccc3)CO[C@H]2O)[C@H](OC(=O)c2ccccc2)[C@H](OC(=O)c2ccccc2)[C@H]1OC(=O)c1ccccc1. The number of carbonyl (C=O) groups excluding carboxylic acids is 7. The molecule has 0 aromatic heterocycles. The van der Waals surface area contributed by atoms with Crippen LogP contribution in [-0.2, 0) is 56.8 Å². The van der Waals surface area contributed by atoms with Crippen molar-refractivity contribution in [3.8, 4) is 0 Å². The molecule has 3 aliphatic heterocycles. The van der Waals surface area contributed by atoms with Gasteiger partial charge in [0.25, 0.3) is 0 Å². The maximum absolute atomic E-state index is 14.3. The van der Waals surface area contributed by atoms with Crippen molar-refractivity contribution in [2.24, 2.45) is 0 Å². The van der Waals surface area contributed by atoms with Crippen molar-refractivity contribution >= 4 is 41.8 Å². The minimum absolute atomic E-state index is 0.00723. The van der Waals surface area contributed by atoms with Crippen molar-refractivity contribution in [2.75, 3.05) is 13.2 Å². The molecule has 2 N–H and O–H groups in total. The Bertz CT molecular complexity index is 3440. The van der Waals surface area contributed by atoms with Crippen molar-refractivity contribution in [1.29, 1.82) is 0 Å². The van der Waals surface area contributed by atoms with Gasteiger partial charge in [-0.2, -0.15) is 0 Å². The summed E-state index contributed by atoms with van der Waals surface area (Å²) in [5, 5.41) is 24.1. The highest BCUT2D eigenvalue weighted by Crippen LogP contribution is 2.37. The summed E-state index contributed by atoms with van der Waals surface area (Å²) in [7, 11) is 0. The third kappa shape index (κ3) is 15.0. The summed E-state index contributed by atoms with van der Waals surface area (Å²) in [5.74, 6) is -6.56. The van der Waals surface area contributed by atoms with Gasteiger partial charge < -0.3 is 67.1 Å². The van der Waals surface area contributed by atoms with Crippen LogP contribution in [0.3, 0.4) is 0 Å². The van der Waals surface area contributed by atoms with Crippen LogP contribution in [0.25, 0.3) is 0 Å². The molecule has 3 saturated heterocycles. The minimum atomic E-state index is -2.02. The third-order valence-electron chi connectivity index (χ3n) is 14.3. The summed E-state index contributed by atoms with van der Waals surface area (Å²) in [4.78, 5) is 98.4. The second-order valence-corrected chi connectivity index (χ2v) is 20.1. The second-order valence-electron chi connectivity index (χ2n) is 20.1. The quantitative estimate of drug-likeness (QED) is 0.0601. The first-order valence-electron chi connectivity index (χ1n) is 27.7. The second kappa shape index (κ2) is 28.6. The van der Waals surface area contributed by atoms with Gasteiger partial charge in [0.15, 0.2) is 55.5 Å². The Morgan fingerprint density at radius 2 is 0.667 bits per heavy atom. The highest BCUT2D eigenvalue weighted by Gasteiger charge is 2.57. The van der Waals surface area contributed by atoms with E-state index < -0.39 is 141 Å². The van der Waals surface area contributed by atoms with Gasteiger partial charge in [-0.25, -0.2) is 33.6 Å². The first-order chi connectivity index (χ1) is 42.3. The first-order valence-corrected chi connectivity index (χ1v) is 27.7. The Kier molecular flexibility index (Phi) is 20.0. The molecule has 21 nitrogen and oxygen atoms in total. The van der Waals surface area contributed by atoms with Crippen molar-refractivity contribution in [1.82, 2.24) is 0 Å². The van der Waals surface area contributed by atoms with Gasteiger partial charge in [-0.15, -0.1) is 0 Å². The monoisotopic (exact) mass is 1190 g/mol. The number of aliphatic hydroxyl groups is 2. The van der Waals surface area contributed by atoms with Crippen molar-refractivity contribution in [3.05, 3.63) is 251 Å². The summed E-state index contributed by atoms with van der Waals surface area (Å²) in [5.41, 5.74) is 0.417. The molecule has 448 valence electrons. The number of ether oxygens (including phenoxy) is 12. The van der Waals surface area contributed by atoms with Crippen molar-refractivity contribution < 1.29 is 101 Å². The van der Waals surface area contributed by atoms with E-state index in [0.29, 0.717) is 0 Å². The van der Waals surface area contributed by atoms with E-state index in [1.54, 1.807) is 127 Å². The van der Waals surface area contributed by atoms with E-state index in [2.05, 4.69) is 0 Å². The summed E-state index contributed by atoms with van der Waals surface area (Å²) in [6.07, 6.45) is -25.0. The van der Waals surface area contributed by atoms with Crippen LogP contribution in [0, 0.1) is 0 Å². The fraction of sp³-hybridized carbons (Fsp3) is 0.258. The molecular weight excluding hydrogens is 1130 g/mol. The summed E-state index contributed by atoms with van der Waals surface area (Å²) in [6, 6.07) is 54.4. The van der Waals surface area contributed by atoms with Crippen LogP contribution in [0.2, 0.25) is 0 Å². The lowest BCUT2D eigenvalue weighted by Crippen LogP contribution is -2.66. The molecule has 0 bridgehead atoms. The Morgan fingerprint density at radius 3 is 1.03 bits per heavy atom. The molecule has 7 aromatic rings. The molecule has 87 heavy (non-hydrogen) atoms. The van der Waals surface area contributed by atoms with E-state index in [9.17, 15) is 43.8 Å². The molecule has 0 unspecified atom stereocenters. The van der Waals surface area contributed by atoms with E-state index in [4.69, 9.17) is 56.8 Å². The lowest BCUT2D eigenvalue weighted by atomic mass is 9.97. The molecule has 14 atom stereocenters. The number of hydrogen-bond acceptors (Lipinski definition) is 21. The average molecular weight is 1190 g/mol. The van der Waals surface area contributed by atoms with Gasteiger partial charge in [-0.05, 0) is 91.9 Å². The molecule has 0 radical (unpaired) electrons. The molecule has 0 saturated carbocycles. The van der Waals surface area contributed by atoms with Crippen molar-refractivity contribution in [3.63, 3.8) is 0 Å². The van der Waals surface area contributed by atoms with Gasteiger partial charge in [0, 0.05) is 0 Å². The molecule has 0 spiro atoms. The zero-order chi connectivity index (χ0) is 60.8. The van der Waals surface area contributed by atoms with Crippen LogP contribution >= 0.6 is 0 Å². The summed E-state index contributed by atoms with van der Waals surface area (Å²) in [6.45, 7) is 0.0919. The standard InChI is InChI=1S/C66H58O21/c1-39-50(81-58(69)41-25-11-3-12-26-41)53(83-60(71)43-29-15-5-16-30-43)55(85-62(73)45-33-19-7-20-34-45)65(78-39)87-52-49(67)47(37-77-64(52)75)79-66-56(86-63(74)46-35-21-8-22-36-46)54(84-61(72)44-31-17-6-18-32-44)51(82-59(70)42-27-13-4-14-28-42)48(80-66)38-76-57(68)40-23-9-2-10-24-40/h2-36,39,47-56,64-67,75H,37-38H2,1H3/t39-,47-,48+,49-,50-,51+,52+,53+,54-,55+,56+,64+,65-,66+/m0/s1. The van der Waals surface area contributed by atoms with E-state index in [1.165, 1.54) is 91.9 Å². The van der Waals surface area contributed by atoms with Crippen LogP contribution in [0.1, 0.15) is 79.4 Å². The lowest BCUT2D eigenvalue weighted by Gasteiger charge is -2.48. The molecule has 3 aliphatic rings. The van der Waals surface area contributed by atoms with Gasteiger partial charge in [0.05, 0.1) is 51.7 Å². The molecule has 7 aromatic carbocycles. The maximum Gasteiger partial charge on any atom is 0.338 e. The van der Waals surface area contributed by atoms with Gasteiger partial charge in [0.1, 0.15) is 31.0 Å². The van der Waals surface area contributed by atoms with Crippen molar-refractivity contribution in [2.45, 2.75) is 92.9 Å². The number of esters is 7. The summed E-state index contributed by atoms with van der Waals surface area (Å²) >= 11 is 0. The molecule has 0 aliphatic carbocycles. The van der Waals surface area contributed by atoms with Crippen LogP contribution in [-0.4, -0.2) is 151 Å². The zero-order valence-electron chi connectivity index (χ0n) is 46.4. The number of aliphatic hydroxyl groups excluding tert-OH is 2. The first kappa shape index (κ1) is 60.7. The third-order valence-corrected chi connectivity index (χ3v) is 14.3. The largest absolute Gasteiger partial charge is 0.459 e. The van der Waals surface area contributed by atoms with Crippen LogP contribution in [0.5, 0.6) is 0 Å². The molecule has 0 amide bonds. The highest BCUT2D eigenvalue weighted by atomic mass is 16.8. The maximum atomic E-state index is 14.3. The van der Waals surface area contributed by atoms with Crippen LogP contribution in [0.4, 0.5) is 0 Å². The fourth-order valence-corrected chi connectivity index (χ4v) is 9.80. The van der Waals surface area contributed by atoms with E-state index >= 15 is 0 Å². The number of hydrogen-bond donors (Lipinski definition) is 2. The number of carbonyl (C=O) groups is 7. The van der Waals surface area contributed by atoms with Crippen LogP contribution < -0.4 is 0 Å². The molecule has 21 heteroatoms. The fourth-order valence-electron chi connectivity index (χ4n) is 9.80. The highest BCUT2D eigenvalue weighted by molar-refractivity contribution is 5.93. The molecular formula is C66H58O21. The lowest BCUT2D eigenvalue weighted by molar-refractivity contribution is -0.366. The Hall–Kier alpha value is -9.45. The number of benzene rings is 7. The predicted molar refractivity (Wildman–Crippen MR) is 301 cm³/mol. The van der Waals surface area contributed by atoms with E-state index in [1.807, 2.05) is 0 Å². The Labute approximate surface area is 498 Å². The minimum Gasteiger partial charge on any atom is -0.459 e. The normalized spacial score (nSPS) is 25.9. The van der Waals surface area contributed by atoms with Gasteiger partial charge >= 0.3 is 41.8 Å². The van der Waals surface area contributed by atoms with E-state index in [0.717, 1.165) is 0 Å². The van der Waals surface area contributed by atoms with E-state index in [-0.39, 0.29) is 38.9 Å². The Morgan fingerprint density at radius 1 is 0.368 bits per heavy atom. The average Bonchev–Trinajstić information content (AvgIpc) is 2.94. The van der Waals surface area contributed by atoms with Gasteiger partial charge in [-0.1, -0.05) is 127 Å². The summed E-state index contributed by atoms with van der Waals surface area (Å²) < 4.78 is 74.2. The Balaban J connectivity index is 1.00. The van der Waals surface area contributed by atoms with Gasteiger partial charge in [-0.3, -0.25) is 0 Å².